The second-order valence-electron chi connectivity index (χ2n) is 8.72. The van der Waals surface area contributed by atoms with Crippen LogP contribution < -0.4 is 4.90 Å². The van der Waals surface area contributed by atoms with Gasteiger partial charge in [-0.1, -0.05) is 66.2 Å². The molecule has 2 atom stereocenters. The molecule has 0 saturated heterocycles. The normalized spacial score (nSPS) is 22.4. The summed E-state index contributed by atoms with van der Waals surface area (Å²) in [5.74, 6) is -1.35. The molecule has 0 bridgehead atoms. The molecular weight excluding hydrogens is 386 g/mol. The summed E-state index contributed by atoms with van der Waals surface area (Å²) in [5.41, 5.74) is 4.26. The quantitative estimate of drug-likeness (QED) is 0.691. The zero-order valence-electron chi connectivity index (χ0n) is 17.8. The highest BCUT2D eigenvalue weighted by Gasteiger charge is 2.57. The van der Waals surface area contributed by atoms with Crippen LogP contribution in [0.3, 0.4) is 0 Å². The van der Waals surface area contributed by atoms with Gasteiger partial charge in [-0.2, -0.15) is 0 Å². The topological polar surface area (TPSA) is 57.6 Å². The number of nitrogens with zero attached hydrogens (tertiary/aromatic N) is 1. The Balaban J connectivity index is 1.57. The van der Waals surface area contributed by atoms with Crippen molar-refractivity contribution in [3.8, 4) is 0 Å². The Morgan fingerprint density at radius 2 is 1.74 bits per heavy atom. The van der Waals surface area contributed by atoms with Gasteiger partial charge in [-0.25, -0.2) is 0 Å². The Morgan fingerprint density at radius 3 is 2.55 bits per heavy atom. The number of aliphatic hydroxyl groups is 1. The Labute approximate surface area is 182 Å². The van der Waals surface area contributed by atoms with Crippen molar-refractivity contribution in [3.05, 3.63) is 100 Å². The van der Waals surface area contributed by atoms with E-state index in [2.05, 4.69) is 6.07 Å². The van der Waals surface area contributed by atoms with Gasteiger partial charge in [-0.05, 0) is 49.4 Å². The molecule has 4 nitrogen and oxygen atoms in total. The van der Waals surface area contributed by atoms with E-state index >= 15 is 0 Å². The molecule has 1 heterocycles. The number of amides is 1. The third-order valence-electron chi connectivity index (χ3n) is 6.81. The fourth-order valence-electron chi connectivity index (χ4n) is 5.14. The number of hydrogen-bond donors (Lipinski definition) is 1. The number of anilines is 1. The molecule has 0 saturated carbocycles. The summed E-state index contributed by atoms with van der Waals surface area (Å²) in [6.45, 7) is 4.43. The summed E-state index contributed by atoms with van der Waals surface area (Å²) in [6, 6.07) is 21.0. The predicted octanol–water partition coefficient (Wildman–Crippen LogP) is 4.48. The van der Waals surface area contributed by atoms with Crippen LogP contribution in [0.5, 0.6) is 0 Å². The van der Waals surface area contributed by atoms with Crippen molar-refractivity contribution < 1.29 is 14.7 Å². The number of ketones is 1. The fourth-order valence-corrected chi connectivity index (χ4v) is 5.14. The van der Waals surface area contributed by atoms with Crippen molar-refractivity contribution in [1.82, 2.24) is 0 Å². The van der Waals surface area contributed by atoms with Crippen molar-refractivity contribution in [1.29, 1.82) is 0 Å². The van der Waals surface area contributed by atoms with Gasteiger partial charge in [0, 0.05) is 11.1 Å². The maximum atomic E-state index is 13.7. The number of Topliss-reactive ketones (excluding diaryl/α,β-unsaturated/α-hetero) is 1. The summed E-state index contributed by atoms with van der Waals surface area (Å²) in [4.78, 5) is 28.8. The van der Waals surface area contributed by atoms with Crippen molar-refractivity contribution in [2.45, 2.75) is 38.8 Å². The van der Waals surface area contributed by atoms with Crippen LogP contribution in [0.1, 0.15) is 44.6 Å². The van der Waals surface area contributed by atoms with Gasteiger partial charge in [-0.3, -0.25) is 9.59 Å². The molecule has 31 heavy (non-hydrogen) atoms. The molecule has 1 N–H and O–H groups in total. The lowest BCUT2D eigenvalue weighted by molar-refractivity contribution is -0.140. The number of hydrogen-bond acceptors (Lipinski definition) is 3. The monoisotopic (exact) mass is 411 g/mol. The van der Waals surface area contributed by atoms with E-state index in [9.17, 15) is 14.7 Å². The van der Waals surface area contributed by atoms with Crippen LogP contribution in [-0.4, -0.2) is 16.8 Å². The first-order chi connectivity index (χ1) is 14.9. The number of para-hydroxylation sites is 1. The van der Waals surface area contributed by atoms with Gasteiger partial charge in [0.05, 0.1) is 18.2 Å². The van der Waals surface area contributed by atoms with Crippen LogP contribution in [0.2, 0.25) is 0 Å². The molecular formula is C27H25NO3. The highest BCUT2D eigenvalue weighted by Crippen LogP contribution is 2.48. The Hall–Kier alpha value is -3.24. The van der Waals surface area contributed by atoms with E-state index in [1.165, 1.54) is 0 Å². The number of fused-ring (bicyclic) bond motifs is 2. The van der Waals surface area contributed by atoms with E-state index in [1.54, 1.807) is 17.0 Å². The minimum Gasteiger partial charge on any atom is -0.375 e. The van der Waals surface area contributed by atoms with Gasteiger partial charge < -0.3 is 10.0 Å². The lowest BCUT2D eigenvalue weighted by Gasteiger charge is -2.34. The Kier molecular flexibility index (Phi) is 4.56. The van der Waals surface area contributed by atoms with Gasteiger partial charge in [0.1, 0.15) is 0 Å². The molecule has 2 unspecified atom stereocenters. The molecule has 156 valence electrons. The van der Waals surface area contributed by atoms with Crippen LogP contribution in [-0.2, 0) is 23.4 Å². The molecule has 3 aromatic carbocycles. The van der Waals surface area contributed by atoms with Crippen LogP contribution in [0, 0.1) is 19.8 Å². The third kappa shape index (κ3) is 2.94. The summed E-state index contributed by atoms with van der Waals surface area (Å²) in [6.07, 6.45) is 1.12. The second kappa shape index (κ2) is 7.17. The number of aryl methyl sites for hydroxylation is 3. The third-order valence-corrected chi connectivity index (χ3v) is 6.81. The molecule has 5 rings (SSSR count). The molecule has 3 aromatic rings. The van der Waals surface area contributed by atoms with Crippen molar-refractivity contribution in [3.63, 3.8) is 0 Å². The van der Waals surface area contributed by atoms with E-state index in [0.717, 1.165) is 22.3 Å². The average Bonchev–Trinajstić information content (AvgIpc) is 2.98. The van der Waals surface area contributed by atoms with E-state index < -0.39 is 17.4 Å². The van der Waals surface area contributed by atoms with Crippen LogP contribution in [0.4, 0.5) is 5.69 Å². The van der Waals surface area contributed by atoms with E-state index in [4.69, 9.17) is 0 Å². The first-order valence-electron chi connectivity index (χ1n) is 10.7. The average molecular weight is 412 g/mol. The molecule has 1 amide bonds. The molecule has 2 aliphatic rings. The summed E-state index contributed by atoms with van der Waals surface area (Å²) in [5, 5.41) is 11.9. The predicted molar refractivity (Wildman–Crippen MR) is 120 cm³/mol. The van der Waals surface area contributed by atoms with E-state index in [-0.39, 0.29) is 5.78 Å². The Morgan fingerprint density at radius 1 is 1.00 bits per heavy atom. The van der Waals surface area contributed by atoms with Gasteiger partial charge in [0.25, 0.3) is 5.91 Å². The minimum absolute atomic E-state index is 0.152. The number of benzene rings is 3. The first-order valence-corrected chi connectivity index (χ1v) is 10.7. The maximum absolute atomic E-state index is 13.7. The number of carbonyl (C=O) groups excluding carboxylic acids is 2. The van der Waals surface area contributed by atoms with Gasteiger partial charge in [-0.15, -0.1) is 0 Å². The van der Waals surface area contributed by atoms with Gasteiger partial charge >= 0.3 is 0 Å². The molecule has 0 fully saturated rings. The van der Waals surface area contributed by atoms with Gasteiger partial charge in [0.2, 0.25) is 0 Å². The van der Waals surface area contributed by atoms with E-state index in [1.807, 2.05) is 62.4 Å². The highest BCUT2D eigenvalue weighted by molar-refractivity contribution is 6.12. The molecule has 4 heteroatoms. The molecule has 1 aliphatic heterocycles. The molecule has 1 aliphatic carbocycles. The van der Waals surface area contributed by atoms with Crippen molar-refractivity contribution in [2.75, 3.05) is 4.90 Å². The highest BCUT2D eigenvalue weighted by atomic mass is 16.3. The molecule has 0 aromatic heterocycles. The van der Waals surface area contributed by atoms with Gasteiger partial charge in [0.15, 0.2) is 11.4 Å². The number of rotatable bonds is 3. The summed E-state index contributed by atoms with van der Waals surface area (Å²) in [7, 11) is 0. The van der Waals surface area contributed by atoms with Crippen LogP contribution in [0.15, 0.2) is 66.7 Å². The second-order valence-corrected chi connectivity index (χ2v) is 8.72. The minimum atomic E-state index is -1.85. The largest absolute Gasteiger partial charge is 0.375 e. The maximum Gasteiger partial charge on any atom is 0.264 e. The molecule has 0 spiro atoms. The zero-order valence-corrected chi connectivity index (χ0v) is 17.8. The standard InChI is InChI=1S/C27H25NO3/c1-17-11-12-20(18(2)15-17)16-28-24-10-6-5-9-22(24)27(31,26(28)30)23-14-13-19-7-3-4-8-21(19)25(23)29/h3-12,15,23,31H,13-14,16H2,1-2H3. The summed E-state index contributed by atoms with van der Waals surface area (Å²) >= 11 is 0. The zero-order chi connectivity index (χ0) is 21.8. The number of carbonyl (C=O) groups is 2. The summed E-state index contributed by atoms with van der Waals surface area (Å²) < 4.78 is 0. The Bertz CT molecular complexity index is 1210. The lowest BCUT2D eigenvalue weighted by atomic mass is 9.71. The lowest BCUT2D eigenvalue weighted by Crippen LogP contribution is -2.49. The van der Waals surface area contributed by atoms with Crippen molar-refractivity contribution >= 4 is 17.4 Å². The fraction of sp³-hybridized carbons (Fsp3) is 0.259. The van der Waals surface area contributed by atoms with Crippen LogP contribution >= 0.6 is 0 Å². The SMILES string of the molecule is Cc1ccc(CN2C(=O)C(O)(C3CCc4ccccc4C3=O)c3ccccc32)c(C)c1. The van der Waals surface area contributed by atoms with Crippen molar-refractivity contribution in [2.24, 2.45) is 5.92 Å². The molecule has 0 radical (unpaired) electrons. The smallest absolute Gasteiger partial charge is 0.264 e. The van der Waals surface area contributed by atoms with E-state index in [0.29, 0.717) is 36.2 Å². The van der Waals surface area contributed by atoms with Crippen LogP contribution in [0.25, 0.3) is 0 Å². The first kappa shape index (κ1) is 19.7.